The maximum atomic E-state index is 13.9. The summed E-state index contributed by atoms with van der Waals surface area (Å²) in [5.74, 6) is -2.86. The van der Waals surface area contributed by atoms with Gasteiger partial charge in [-0.3, -0.25) is 13.7 Å². The number of hydrogen-bond donors (Lipinski definition) is 4. The highest BCUT2D eigenvalue weighted by Crippen LogP contribution is 2.32. The molecule has 0 saturated heterocycles. The molecule has 1 saturated carbocycles. The lowest BCUT2D eigenvalue weighted by atomic mass is 10.1. The van der Waals surface area contributed by atoms with Crippen molar-refractivity contribution in [3.05, 3.63) is 71.2 Å². The molecule has 5 N–H and O–H groups in total. The standard InChI is InChI=1S/C22H22F4N6O6S/c23-15-5-11(1-2-14(15)22(24,25)26)8-32-4-3-16(31-32)19(34)13-7-28-10-29-21(13)30-17-6-12(18(33)20(17)35)9-38-39(27,36)37/h1-5,7,10,12,17-18,20,33,35H,6,8-9H2,(H2,27,36,37)(H,28,29,30)/t12-,17-,18-,20+/m1/s1. The van der Waals surface area contributed by atoms with Crippen molar-refractivity contribution in [2.75, 3.05) is 11.9 Å². The van der Waals surface area contributed by atoms with Crippen LogP contribution in [0.2, 0.25) is 0 Å². The summed E-state index contributed by atoms with van der Waals surface area (Å²) < 4.78 is 80.1. The summed E-state index contributed by atoms with van der Waals surface area (Å²) in [7, 11) is -4.26. The Bertz CT molecular complexity index is 1470. The van der Waals surface area contributed by atoms with E-state index in [0.29, 0.717) is 6.07 Å². The van der Waals surface area contributed by atoms with E-state index in [0.717, 1.165) is 18.5 Å². The zero-order valence-electron chi connectivity index (χ0n) is 19.8. The van der Waals surface area contributed by atoms with Gasteiger partial charge in [0.05, 0.1) is 36.4 Å². The lowest BCUT2D eigenvalue weighted by molar-refractivity contribution is -0.140. The van der Waals surface area contributed by atoms with Crippen LogP contribution in [-0.4, -0.2) is 69.0 Å². The van der Waals surface area contributed by atoms with E-state index in [1.807, 2.05) is 0 Å². The second-order valence-corrected chi connectivity index (χ2v) is 10.1. The molecule has 2 heterocycles. The van der Waals surface area contributed by atoms with Crippen LogP contribution in [0, 0.1) is 11.7 Å². The summed E-state index contributed by atoms with van der Waals surface area (Å²) in [5.41, 5.74) is -1.33. The quantitative estimate of drug-likeness (QED) is 0.211. The number of aliphatic hydroxyl groups is 2. The molecule has 1 aliphatic rings. The highest BCUT2D eigenvalue weighted by molar-refractivity contribution is 7.84. The van der Waals surface area contributed by atoms with Gasteiger partial charge in [0.2, 0.25) is 5.78 Å². The van der Waals surface area contributed by atoms with E-state index in [2.05, 4.69) is 24.6 Å². The van der Waals surface area contributed by atoms with Crippen LogP contribution in [0.4, 0.5) is 23.4 Å². The smallest absolute Gasteiger partial charge is 0.390 e. The van der Waals surface area contributed by atoms with E-state index in [4.69, 9.17) is 5.14 Å². The Morgan fingerprint density at radius 1 is 1.23 bits per heavy atom. The summed E-state index contributed by atoms with van der Waals surface area (Å²) in [6.45, 7) is -0.585. The summed E-state index contributed by atoms with van der Waals surface area (Å²) in [6, 6.07) is 2.96. The molecule has 4 rings (SSSR count). The van der Waals surface area contributed by atoms with Gasteiger partial charge in [0.25, 0.3) is 0 Å². The van der Waals surface area contributed by atoms with Crippen molar-refractivity contribution in [1.29, 1.82) is 0 Å². The Morgan fingerprint density at radius 3 is 2.64 bits per heavy atom. The van der Waals surface area contributed by atoms with Crippen LogP contribution >= 0.6 is 0 Å². The van der Waals surface area contributed by atoms with Crippen LogP contribution in [0.15, 0.2) is 43.0 Å². The van der Waals surface area contributed by atoms with Gasteiger partial charge in [-0.1, -0.05) is 6.07 Å². The minimum atomic E-state index is -4.83. The van der Waals surface area contributed by atoms with Crippen LogP contribution in [0.5, 0.6) is 0 Å². The normalized spacial score (nSPS) is 21.7. The first-order chi connectivity index (χ1) is 18.2. The van der Waals surface area contributed by atoms with Crippen LogP contribution < -0.4 is 10.5 Å². The molecule has 0 radical (unpaired) electrons. The molecule has 0 aliphatic heterocycles. The molecule has 1 fully saturated rings. The molecule has 3 aromatic rings. The van der Waals surface area contributed by atoms with Gasteiger partial charge < -0.3 is 15.5 Å². The van der Waals surface area contributed by atoms with Crippen molar-refractivity contribution in [2.24, 2.45) is 11.1 Å². The fourth-order valence-corrected chi connectivity index (χ4v) is 4.55. The molecule has 2 aromatic heterocycles. The zero-order chi connectivity index (χ0) is 28.5. The molecule has 0 spiro atoms. The summed E-state index contributed by atoms with van der Waals surface area (Å²) in [6.07, 6.45) is -3.78. The molecular formula is C22H22F4N6O6S. The van der Waals surface area contributed by atoms with Gasteiger partial charge in [-0.2, -0.15) is 26.7 Å². The molecule has 1 aliphatic carbocycles. The molecule has 210 valence electrons. The third-order valence-electron chi connectivity index (χ3n) is 6.08. The maximum absolute atomic E-state index is 13.9. The Labute approximate surface area is 218 Å². The van der Waals surface area contributed by atoms with Gasteiger partial charge >= 0.3 is 16.5 Å². The Balaban J connectivity index is 1.47. The average molecular weight is 575 g/mol. The van der Waals surface area contributed by atoms with Gasteiger partial charge in [0.1, 0.15) is 29.8 Å². The van der Waals surface area contributed by atoms with Crippen molar-refractivity contribution >= 4 is 21.9 Å². The number of ketones is 1. The summed E-state index contributed by atoms with van der Waals surface area (Å²) >= 11 is 0. The van der Waals surface area contributed by atoms with Crippen molar-refractivity contribution in [3.8, 4) is 0 Å². The van der Waals surface area contributed by atoms with E-state index in [9.17, 15) is 41.0 Å². The monoisotopic (exact) mass is 574 g/mol. The molecule has 1 aromatic carbocycles. The number of carbonyl (C=O) groups excluding carboxylic acids is 1. The van der Waals surface area contributed by atoms with Gasteiger partial charge in [0.15, 0.2) is 0 Å². The number of nitrogens with zero attached hydrogens (tertiary/aromatic N) is 4. The fourth-order valence-electron chi connectivity index (χ4n) is 4.18. The second-order valence-electron chi connectivity index (χ2n) is 8.83. The number of aromatic nitrogens is 4. The van der Waals surface area contributed by atoms with E-state index >= 15 is 0 Å². The highest BCUT2D eigenvalue weighted by Gasteiger charge is 2.42. The van der Waals surface area contributed by atoms with E-state index in [1.54, 1.807) is 0 Å². The first-order valence-electron chi connectivity index (χ1n) is 11.3. The van der Waals surface area contributed by atoms with E-state index in [-0.39, 0.29) is 35.6 Å². The SMILES string of the molecule is NS(=O)(=O)OC[C@H]1C[C@@H](Nc2ncncc2C(=O)c2ccn(Cc3ccc(C(F)(F)F)c(F)c3)n2)[C@H](O)[C@@H]1O. The molecular weight excluding hydrogens is 552 g/mol. The number of nitrogens with two attached hydrogens (primary N) is 1. The van der Waals surface area contributed by atoms with Crippen molar-refractivity contribution in [1.82, 2.24) is 19.7 Å². The van der Waals surface area contributed by atoms with Crippen LogP contribution in [-0.2, 0) is 27.2 Å². The summed E-state index contributed by atoms with van der Waals surface area (Å²) in [4.78, 5) is 21.0. The molecule has 39 heavy (non-hydrogen) atoms. The number of benzene rings is 1. The second kappa shape index (κ2) is 10.9. The lowest BCUT2D eigenvalue weighted by Gasteiger charge is -2.19. The minimum Gasteiger partial charge on any atom is -0.390 e. The number of aliphatic hydroxyl groups excluding tert-OH is 2. The third-order valence-corrected chi connectivity index (χ3v) is 6.55. The van der Waals surface area contributed by atoms with Gasteiger partial charge in [0, 0.05) is 18.3 Å². The topological polar surface area (TPSA) is 183 Å². The van der Waals surface area contributed by atoms with Crippen molar-refractivity contribution in [2.45, 2.75) is 37.4 Å². The molecule has 17 heteroatoms. The zero-order valence-corrected chi connectivity index (χ0v) is 20.6. The number of nitrogens with one attached hydrogen (secondary N) is 1. The van der Waals surface area contributed by atoms with E-state index in [1.165, 1.54) is 23.1 Å². The summed E-state index contributed by atoms with van der Waals surface area (Å²) in [5, 5.41) is 32.4. The molecule has 0 bridgehead atoms. The van der Waals surface area contributed by atoms with Crippen LogP contribution in [0.25, 0.3) is 0 Å². The molecule has 0 unspecified atom stereocenters. The van der Waals surface area contributed by atoms with Gasteiger partial charge in [-0.05, 0) is 30.2 Å². The number of hydrogen-bond acceptors (Lipinski definition) is 10. The van der Waals surface area contributed by atoms with Gasteiger partial charge in [-0.25, -0.2) is 19.5 Å². The van der Waals surface area contributed by atoms with E-state index < -0.39 is 64.4 Å². The molecule has 4 atom stereocenters. The molecule has 0 amide bonds. The predicted molar refractivity (Wildman–Crippen MR) is 125 cm³/mol. The maximum Gasteiger partial charge on any atom is 0.419 e. The van der Waals surface area contributed by atoms with Crippen LogP contribution in [0.3, 0.4) is 0 Å². The first kappa shape index (κ1) is 28.5. The Morgan fingerprint density at radius 2 is 1.97 bits per heavy atom. The number of anilines is 1. The molecule has 12 nitrogen and oxygen atoms in total. The van der Waals surface area contributed by atoms with Gasteiger partial charge in [-0.15, -0.1) is 0 Å². The lowest BCUT2D eigenvalue weighted by Crippen LogP contribution is -2.36. The number of carbonyl (C=O) groups is 1. The van der Waals surface area contributed by atoms with Crippen molar-refractivity contribution < 1.29 is 45.2 Å². The first-order valence-corrected chi connectivity index (χ1v) is 12.7. The predicted octanol–water partition coefficient (Wildman–Crippen LogP) is 0.853. The fraction of sp³-hybridized carbons (Fsp3) is 0.364. The number of alkyl halides is 3. The van der Waals surface area contributed by atoms with Crippen LogP contribution in [0.1, 0.15) is 33.6 Å². The number of rotatable bonds is 9. The minimum absolute atomic E-state index is 0.00127. The van der Waals surface area contributed by atoms with Crippen molar-refractivity contribution in [3.63, 3.8) is 0 Å². The Kier molecular flexibility index (Phi) is 7.99. The Hall–Kier alpha value is -3.51. The largest absolute Gasteiger partial charge is 0.419 e. The average Bonchev–Trinajstić information content (AvgIpc) is 3.41. The number of halogens is 4. The highest BCUT2D eigenvalue weighted by atomic mass is 32.2. The third kappa shape index (κ3) is 6.74.